The van der Waals surface area contributed by atoms with Crippen molar-refractivity contribution in [2.75, 3.05) is 6.54 Å². The summed E-state index contributed by atoms with van der Waals surface area (Å²) >= 11 is 0. The molecule has 3 N–H and O–H groups in total. The zero-order valence-corrected chi connectivity index (χ0v) is 8.47. The van der Waals surface area contributed by atoms with Crippen LogP contribution in [-0.4, -0.2) is 32.2 Å². The Kier molecular flexibility index (Phi) is 3.66. The molecule has 1 atom stereocenters. The largest absolute Gasteiger partial charge is 0.392 e. The zero-order chi connectivity index (χ0) is 9.90. The second-order valence-electron chi connectivity index (χ2n) is 3.45. The summed E-state index contributed by atoms with van der Waals surface area (Å²) in [5.74, 6) is 0. The number of hydrogen-bond donors (Lipinski definition) is 3. The summed E-state index contributed by atoms with van der Waals surface area (Å²) in [5.41, 5.74) is 0. The first kappa shape index (κ1) is 10.9. The van der Waals surface area contributed by atoms with E-state index >= 15 is 0 Å². The zero-order valence-electron chi connectivity index (χ0n) is 7.66. The van der Waals surface area contributed by atoms with Gasteiger partial charge >= 0.3 is 0 Å². The summed E-state index contributed by atoms with van der Waals surface area (Å²) in [6.07, 6.45) is 2.26. The standard InChI is InChI=1S/C7H16N2O3S/c1-6(10)5-8-13(11,12)9-7-3-2-4-7/h6-10H,2-5H2,1H3. The third kappa shape index (κ3) is 4.04. The Hall–Kier alpha value is -0.170. The van der Waals surface area contributed by atoms with Gasteiger partial charge in [0.05, 0.1) is 6.10 Å². The molecule has 6 heteroatoms. The highest BCUT2D eigenvalue weighted by molar-refractivity contribution is 7.87. The molecule has 1 aliphatic carbocycles. The van der Waals surface area contributed by atoms with Crippen LogP contribution < -0.4 is 9.44 Å². The molecular weight excluding hydrogens is 192 g/mol. The lowest BCUT2D eigenvalue weighted by Crippen LogP contribution is -2.47. The van der Waals surface area contributed by atoms with Crippen molar-refractivity contribution >= 4 is 10.2 Å². The predicted octanol–water partition coefficient (Wildman–Crippen LogP) is -0.656. The van der Waals surface area contributed by atoms with Gasteiger partial charge in [-0.15, -0.1) is 0 Å². The van der Waals surface area contributed by atoms with Gasteiger partial charge in [0, 0.05) is 12.6 Å². The minimum absolute atomic E-state index is 0.0576. The quantitative estimate of drug-likeness (QED) is 0.561. The monoisotopic (exact) mass is 208 g/mol. The molecule has 1 unspecified atom stereocenters. The van der Waals surface area contributed by atoms with Crippen LogP contribution in [0.3, 0.4) is 0 Å². The molecule has 78 valence electrons. The second kappa shape index (κ2) is 4.36. The molecule has 0 aromatic rings. The number of hydrogen-bond acceptors (Lipinski definition) is 3. The maximum absolute atomic E-state index is 11.2. The number of nitrogens with one attached hydrogen (secondary N) is 2. The van der Waals surface area contributed by atoms with E-state index in [4.69, 9.17) is 5.11 Å². The molecule has 0 heterocycles. The summed E-state index contributed by atoms with van der Waals surface area (Å²) in [6.45, 7) is 1.59. The van der Waals surface area contributed by atoms with E-state index in [-0.39, 0.29) is 12.6 Å². The molecule has 1 rings (SSSR count). The molecule has 1 aliphatic rings. The smallest absolute Gasteiger partial charge is 0.277 e. The highest BCUT2D eigenvalue weighted by atomic mass is 32.2. The van der Waals surface area contributed by atoms with Crippen LogP contribution >= 0.6 is 0 Å². The Morgan fingerprint density at radius 3 is 2.54 bits per heavy atom. The average molecular weight is 208 g/mol. The highest BCUT2D eigenvalue weighted by Crippen LogP contribution is 2.18. The van der Waals surface area contributed by atoms with Crippen LogP contribution in [0.15, 0.2) is 0 Å². The van der Waals surface area contributed by atoms with Crippen molar-refractivity contribution < 1.29 is 13.5 Å². The molecule has 0 aromatic heterocycles. The van der Waals surface area contributed by atoms with Gasteiger partial charge in [0.15, 0.2) is 0 Å². The maximum Gasteiger partial charge on any atom is 0.277 e. The highest BCUT2D eigenvalue weighted by Gasteiger charge is 2.22. The van der Waals surface area contributed by atoms with Crippen molar-refractivity contribution in [3.05, 3.63) is 0 Å². The molecule has 0 spiro atoms. The van der Waals surface area contributed by atoms with Crippen LogP contribution in [0.4, 0.5) is 0 Å². The summed E-state index contributed by atoms with van der Waals surface area (Å²) in [4.78, 5) is 0. The van der Waals surface area contributed by atoms with Crippen molar-refractivity contribution in [1.82, 2.24) is 9.44 Å². The summed E-state index contributed by atoms with van der Waals surface area (Å²) in [5, 5.41) is 8.87. The fraction of sp³-hybridized carbons (Fsp3) is 1.00. The van der Waals surface area contributed by atoms with Crippen LogP contribution in [0.2, 0.25) is 0 Å². The molecule has 0 radical (unpaired) electrons. The molecule has 1 saturated carbocycles. The van der Waals surface area contributed by atoms with Crippen LogP contribution in [0.1, 0.15) is 26.2 Å². The second-order valence-corrected chi connectivity index (χ2v) is 4.98. The van der Waals surface area contributed by atoms with Crippen molar-refractivity contribution in [2.24, 2.45) is 0 Å². The Morgan fingerprint density at radius 1 is 1.54 bits per heavy atom. The minimum atomic E-state index is -3.40. The summed E-state index contributed by atoms with van der Waals surface area (Å²) < 4.78 is 27.2. The maximum atomic E-state index is 11.2. The molecule has 5 nitrogen and oxygen atoms in total. The average Bonchev–Trinajstić information content (AvgIpc) is 1.94. The Labute approximate surface area is 78.7 Å². The number of aliphatic hydroxyl groups excluding tert-OH is 1. The van der Waals surface area contributed by atoms with Crippen LogP contribution in [-0.2, 0) is 10.2 Å². The molecule has 0 aromatic carbocycles. The molecule has 1 fully saturated rings. The first-order chi connectivity index (χ1) is 5.99. The van der Waals surface area contributed by atoms with E-state index in [2.05, 4.69) is 9.44 Å². The molecule has 0 saturated heterocycles. The minimum Gasteiger partial charge on any atom is -0.392 e. The van der Waals surface area contributed by atoms with E-state index in [9.17, 15) is 8.42 Å². The number of rotatable bonds is 5. The lowest BCUT2D eigenvalue weighted by atomic mass is 9.94. The molecule has 0 bridgehead atoms. The first-order valence-corrected chi connectivity index (χ1v) is 5.93. The van der Waals surface area contributed by atoms with Crippen molar-refractivity contribution in [2.45, 2.75) is 38.3 Å². The Balaban J connectivity index is 2.28. The van der Waals surface area contributed by atoms with E-state index in [1.54, 1.807) is 0 Å². The predicted molar refractivity (Wildman–Crippen MR) is 49.4 cm³/mol. The topological polar surface area (TPSA) is 78.4 Å². The van der Waals surface area contributed by atoms with E-state index in [1.807, 2.05) is 0 Å². The van der Waals surface area contributed by atoms with Gasteiger partial charge in [-0.3, -0.25) is 0 Å². The van der Waals surface area contributed by atoms with Crippen molar-refractivity contribution in [3.8, 4) is 0 Å². The SMILES string of the molecule is CC(O)CNS(=O)(=O)NC1CCC1. The van der Waals surface area contributed by atoms with Gasteiger partial charge < -0.3 is 5.11 Å². The van der Waals surface area contributed by atoms with E-state index < -0.39 is 16.3 Å². The van der Waals surface area contributed by atoms with Gasteiger partial charge in [0.2, 0.25) is 0 Å². The van der Waals surface area contributed by atoms with Gasteiger partial charge in [-0.1, -0.05) is 6.42 Å². The third-order valence-corrected chi connectivity index (χ3v) is 3.19. The summed E-state index contributed by atoms with van der Waals surface area (Å²) in [6, 6.07) is 0.0894. The van der Waals surface area contributed by atoms with Gasteiger partial charge in [-0.2, -0.15) is 17.9 Å². The van der Waals surface area contributed by atoms with Gasteiger partial charge in [0.1, 0.15) is 0 Å². The van der Waals surface area contributed by atoms with Crippen LogP contribution in [0.5, 0.6) is 0 Å². The van der Waals surface area contributed by atoms with E-state index in [1.165, 1.54) is 6.92 Å². The van der Waals surface area contributed by atoms with E-state index in [0.29, 0.717) is 0 Å². The van der Waals surface area contributed by atoms with Gasteiger partial charge in [0.25, 0.3) is 10.2 Å². The lowest BCUT2D eigenvalue weighted by Gasteiger charge is -2.26. The van der Waals surface area contributed by atoms with E-state index in [0.717, 1.165) is 19.3 Å². The molecular formula is C7H16N2O3S. The fourth-order valence-electron chi connectivity index (χ4n) is 1.02. The van der Waals surface area contributed by atoms with Crippen LogP contribution in [0, 0.1) is 0 Å². The van der Waals surface area contributed by atoms with Gasteiger partial charge in [-0.25, -0.2) is 0 Å². The Morgan fingerprint density at radius 2 is 2.15 bits per heavy atom. The van der Waals surface area contributed by atoms with Crippen molar-refractivity contribution in [1.29, 1.82) is 0 Å². The third-order valence-electron chi connectivity index (χ3n) is 2.00. The van der Waals surface area contributed by atoms with Crippen LogP contribution in [0.25, 0.3) is 0 Å². The normalized spacial score (nSPS) is 21.1. The molecule has 13 heavy (non-hydrogen) atoms. The fourth-order valence-corrected chi connectivity index (χ4v) is 2.24. The summed E-state index contributed by atoms with van der Waals surface area (Å²) in [7, 11) is -3.40. The lowest BCUT2D eigenvalue weighted by molar-refractivity contribution is 0.198. The van der Waals surface area contributed by atoms with Gasteiger partial charge in [-0.05, 0) is 19.8 Å². The van der Waals surface area contributed by atoms with Crippen molar-refractivity contribution in [3.63, 3.8) is 0 Å². The number of aliphatic hydroxyl groups is 1. The first-order valence-electron chi connectivity index (χ1n) is 4.44. The Bertz CT molecular complexity index is 246. The molecule has 0 amide bonds. The molecule has 0 aliphatic heterocycles.